The molecule has 4 rings (SSSR count). The van der Waals surface area contributed by atoms with Gasteiger partial charge >= 0.3 is 0 Å². The fourth-order valence-corrected chi connectivity index (χ4v) is 3.71. The molecule has 0 amide bonds. The predicted molar refractivity (Wildman–Crippen MR) is 108 cm³/mol. The van der Waals surface area contributed by atoms with Crippen LogP contribution in [0.3, 0.4) is 0 Å². The zero-order chi connectivity index (χ0) is 17.1. The molecule has 0 aliphatic carbocycles. The lowest BCUT2D eigenvalue weighted by molar-refractivity contribution is 0.726. The van der Waals surface area contributed by atoms with Crippen LogP contribution in [0, 0.1) is 0 Å². The molecule has 0 radical (unpaired) electrons. The van der Waals surface area contributed by atoms with E-state index in [9.17, 15) is 0 Å². The van der Waals surface area contributed by atoms with Gasteiger partial charge in [-0.2, -0.15) is 0 Å². The Morgan fingerprint density at radius 2 is 1.64 bits per heavy atom. The number of benzene rings is 2. The molecule has 5 heteroatoms. The van der Waals surface area contributed by atoms with E-state index in [1.165, 1.54) is 31.4 Å². The first-order valence-corrected chi connectivity index (χ1v) is 9.61. The maximum absolute atomic E-state index is 4.41. The minimum Gasteiger partial charge on any atom is -0.372 e. The predicted octanol–water partition coefficient (Wildman–Crippen LogP) is 5.52. The molecule has 3 aromatic rings. The number of aromatic nitrogens is 2. The van der Waals surface area contributed by atoms with Crippen LogP contribution in [0.4, 0.5) is 17.2 Å². The van der Waals surface area contributed by atoms with Crippen LogP contribution in [0.25, 0.3) is 10.9 Å². The Hall–Kier alpha value is -2.14. The topological polar surface area (TPSA) is 41.1 Å². The second-order valence-corrected chi connectivity index (χ2v) is 7.37. The quantitative estimate of drug-likeness (QED) is 0.632. The van der Waals surface area contributed by atoms with Crippen LogP contribution in [0.2, 0.25) is 0 Å². The van der Waals surface area contributed by atoms with Gasteiger partial charge in [0, 0.05) is 34.3 Å². The van der Waals surface area contributed by atoms with E-state index in [1.54, 1.807) is 6.33 Å². The Labute approximate surface area is 156 Å². The van der Waals surface area contributed by atoms with Gasteiger partial charge in [-0.1, -0.05) is 28.8 Å². The summed E-state index contributed by atoms with van der Waals surface area (Å²) >= 11 is 3.52. The van der Waals surface area contributed by atoms with Crippen molar-refractivity contribution in [2.75, 3.05) is 23.3 Å². The molecular weight excluding hydrogens is 376 g/mol. The number of fused-ring (bicyclic) bond motifs is 1. The van der Waals surface area contributed by atoms with Crippen LogP contribution in [0.1, 0.15) is 25.7 Å². The van der Waals surface area contributed by atoms with Crippen LogP contribution in [0.15, 0.2) is 53.3 Å². The van der Waals surface area contributed by atoms with E-state index in [0.717, 1.165) is 40.0 Å². The van der Waals surface area contributed by atoms with Crippen molar-refractivity contribution in [3.05, 3.63) is 53.3 Å². The first-order valence-electron chi connectivity index (χ1n) is 8.82. The third-order valence-corrected chi connectivity index (χ3v) is 5.19. The smallest absolute Gasteiger partial charge is 0.141 e. The Morgan fingerprint density at radius 3 is 2.40 bits per heavy atom. The molecule has 0 unspecified atom stereocenters. The highest BCUT2D eigenvalue weighted by Gasteiger charge is 2.10. The summed E-state index contributed by atoms with van der Waals surface area (Å²) in [6.07, 6.45) is 6.90. The van der Waals surface area contributed by atoms with Crippen molar-refractivity contribution < 1.29 is 0 Å². The summed E-state index contributed by atoms with van der Waals surface area (Å²) < 4.78 is 1.02. The summed E-state index contributed by atoms with van der Waals surface area (Å²) in [7, 11) is 0. The third kappa shape index (κ3) is 3.76. The standard InChI is InChI=1S/C20H21BrN4/c21-15-5-10-19-18(13-15)20(23-14-22-19)24-16-6-8-17(9-7-16)25-11-3-1-2-4-12-25/h5-10,13-14H,1-4,11-12H2,(H,22,23,24). The summed E-state index contributed by atoms with van der Waals surface area (Å²) in [5.41, 5.74) is 3.28. The van der Waals surface area contributed by atoms with E-state index in [0.29, 0.717) is 0 Å². The van der Waals surface area contributed by atoms with Crippen LogP contribution in [-0.2, 0) is 0 Å². The van der Waals surface area contributed by atoms with Gasteiger partial charge in [-0.05, 0) is 55.3 Å². The Kier molecular flexibility index (Phi) is 4.83. The average Bonchev–Trinajstić information content (AvgIpc) is 2.92. The summed E-state index contributed by atoms with van der Waals surface area (Å²) in [4.78, 5) is 11.2. The molecule has 0 spiro atoms. The highest BCUT2D eigenvalue weighted by Crippen LogP contribution is 2.27. The third-order valence-electron chi connectivity index (χ3n) is 4.70. The highest BCUT2D eigenvalue weighted by atomic mass is 79.9. The molecule has 2 aromatic carbocycles. The summed E-state index contributed by atoms with van der Waals surface area (Å²) in [5.74, 6) is 0.828. The van der Waals surface area contributed by atoms with E-state index in [4.69, 9.17) is 0 Å². The fourth-order valence-electron chi connectivity index (χ4n) is 3.35. The van der Waals surface area contributed by atoms with Gasteiger partial charge in [0.2, 0.25) is 0 Å². The van der Waals surface area contributed by atoms with Crippen molar-refractivity contribution in [1.82, 2.24) is 9.97 Å². The number of nitrogens with zero attached hydrogens (tertiary/aromatic N) is 3. The average molecular weight is 397 g/mol. The monoisotopic (exact) mass is 396 g/mol. The van der Waals surface area contributed by atoms with Gasteiger partial charge in [-0.25, -0.2) is 9.97 Å². The molecule has 0 atom stereocenters. The van der Waals surface area contributed by atoms with Gasteiger partial charge in [-0.15, -0.1) is 0 Å². The molecule has 2 heterocycles. The molecule has 0 saturated carbocycles. The highest BCUT2D eigenvalue weighted by molar-refractivity contribution is 9.10. The number of hydrogen-bond donors (Lipinski definition) is 1. The van der Waals surface area contributed by atoms with Gasteiger partial charge in [0.25, 0.3) is 0 Å². The van der Waals surface area contributed by atoms with Gasteiger partial charge in [0.15, 0.2) is 0 Å². The van der Waals surface area contributed by atoms with Crippen LogP contribution in [-0.4, -0.2) is 23.1 Å². The van der Waals surface area contributed by atoms with Crippen molar-refractivity contribution in [1.29, 1.82) is 0 Å². The first kappa shape index (κ1) is 16.3. The summed E-state index contributed by atoms with van der Waals surface area (Å²) in [6, 6.07) is 14.7. The Morgan fingerprint density at radius 1 is 0.880 bits per heavy atom. The van der Waals surface area contributed by atoms with Crippen molar-refractivity contribution in [2.45, 2.75) is 25.7 Å². The summed E-state index contributed by atoms with van der Waals surface area (Å²) in [6.45, 7) is 2.33. The lowest BCUT2D eigenvalue weighted by Crippen LogP contribution is -2.23. The second-order valence-electron chi connectivity index (χ2n) is 6.46. The molecule has 1 saturated heterocycles. The summed E-state index contributed by atoms with van der Waals surface area (Å²) in [5, 5.41) is 4.43. The van der Waals surface area contributed by atoms with E-state index in [1.807, 2.05) is 18.2 Å². The minimum atomic E-state index is 0.828. The van der Waals surface area contributed by atoms with Crippen molar-refractivity contribution in [2.24, 2.45) is 0 Å². The number of hydrogen-bond acceptors (Lipinski definition) is 4. The molecular formula is C20H21BrN4. The maximum Gasteiger partial charge on any atom is 0.141 e. The zero-order valence-corrected chi connectivity index (χ0v) is 15.7. The zero-order valence-electron chi connectivity index (χ0n) is 14.1. The number of nitrogens with one attached hydrogen (secondary N) is 1. The Balaban J connectivity index is 1.56. The largest absolute Gasteiger partial charge is 0.372 e. The molecule has 1 aromatic heterocycles. The van der Waals surface area contributed by atoms with Gasteiger partial charge in [-0.3, -0.25) is 0 Å². The van der Waals surface area contributed by atoms with E-state index >= 15 is 0 Å². The lowest BCUT2D eigenvalue weighted by atomic mass is 10.2. The minimum absolute atomic E-state index is 0.828. The SMILES string of the molecule is Brc1ccc2ncnc(Nc3ccc(N4CCCCCC4)cc3)c2c1. The van der Waals surface area contributed by atoms with Crippen molar-refractivity contribution >= 4 is 44.0 Å². The van der Waals surface area contributed by atoms with Gasteiger partial charge in [0.1, 0.15) is 12.1 Å². The van der Waals surface area contributed by atoms with E-state index < -0.39 is 0 Å². The fraction of sp³-hybridized carbons (Fsp3) is 0.300. The normalized spacial score (nSPS) is 15.2. The number of anilines is 3. The number of rotatable bonds is 3. The molecule has 1 aliphatic rings. The molecule has 128 valence electrons. The van der Waals surface area contributed by atoms with Crippen LogP contribution < -0.4 is 10.2 Å². The molecule has 4 nitrogen and oxygen atoms in total. The number of halogens is 1. The molecule has 25 heavy (non-hydrogen) atoms. The lowest BCUT2D eigenvalue weighted by Gasteiger charge is -2.22. The van der Waals surface area contributed by atoms with Gasteiger partial charge in [0.05, 0.1) is 5.52 Å². The van der Waals surface area contributed by atoms with Crippen LogP contribution in [0.5, 0.6) is 0 Å². The molecule has 1 N–H and O–H groups in total. The van der Waals surface area contributed by atoms with Gasteiger partial charge < -0.3 is 10.2 Å². The van der Waals surface area contributed by atoms with E-state index in [-0.39, 0.29) is 0 Å². The second kappa shape index (κ2) is 7.40. The Bertz CT molecular complexity index is 855. The first-order chi connectivity index (χ1) is 12.3. The van der Waals surface area contributed by atoms with Crippen LogP contribution >= 0.6 is 15.9 Å². The molecule has 0 bridgehead atoms. The molecule has 1 fully saturated rings. The maximum atomic E-state index is 4.41. The van der Waals surface area contributed by atoms with Crippen molar-refractivity contribution in [3.63, 3.8) is 0 Å². The van der Waals surface area contributed by atoms with Crippen molar-refractivity contribution in [3.8, 4) is 0 Å². The molecule has 1 aliphatic heterocycles. The van der Waals surface area contributed by atoms with E-state index in [2.05, 4.69) is 60.4 Å².